The van der Waals surface area contributed by atoms with E-state index in [1.54, 1.807) is 0 Å². The molecule has 15 heavy (non-hydrogen) atoms. The predicted octanol–water partition coefficient (Wildman–Crippen LogP) is 2.39. The maximum absolute atomic E-state index is 11.0. The first-order valence-corrected chi connectivity index (χ1v) is 5.09. The van der Waals surface area contributed by atoms with Crippen LogP contribution in [0.3, 0.4) is 0 Å². The number of amides is 1. The minimum absolute atomic E-state index is 0.0109. The van der Waals surface area contributed by atoms with Crippen molar-refractivity contribution >= 4 is 6.09 Å². The summed E-state index contributed by atoms with van der Waals surface area (Å²) >= 11 is 0. The number of benzene rings is 1. The van der Waals surface area contributed by atoms with Crippen molar-refractivity contribution in [2.75, 3.05) is 6.61 Å². The van der Waals surface area contributed by atoms with Crippen molar-refractivity contribution in [3.63, 3.8) is 0 Å². The highest BCUT2D eigenvalue weighted by atomic mass is 16.6. The van der Waals surface area contributed by atoms with Gasteiger partial charge in [0.15, 0.2) is 0 Å². The second-order valence-corrected chi connectivity index (χ2v) is 4.09. The lowest BCUT2D eigenvalue weighted by Crippen LogP contribution is -2.19. The molecule has 3 heteroatoms. The summed E-state index contributed by atoms with van der Waals surface area (Å²) in [7, 11) is 0. The van der Waals surface area contributed by atoms with Gasteiger partial charge in [0.1, 0.15) is 6.61 Å². The summed E-state index contributed by atoms with van der Waals surface area (Å²) < 4.78 is 4.89. The Kier molecular flexibility index (Phi) is 2.39. The molecule has 1 fully saturated rings. The third-order valence-electron chi connectivity index (χ3n) is 2.93. The van der Waals surface area contributed by atoms with Crippen LogP contribution in [0.5, 0.6) is 0 Å². The Morgan fingerprint density at radius 2 is 1.87 bits per heavy atom. The zero-order valence-corrected chi connectivity index (χ0v) is 9.26. The molecule has 1 heterocycles. The van der Waals surface area contributed by atoms with E-state index < -0.39 is 0 Å². The number of carbonyl (C=O) groups excluding carboxylic acids is 1. The fourth-order valence-corrected chi connectivity index (χ4v) is 1.91. The molecular formula is C12H15NO2. The van der Waals surface area contributed by atoms with Crippen LogP contribution in [0.2, 0.25) is 0 Å². The molecule has 1 N–H and O–H groups in total. The van der Waals surface area contributed by atoms with Crippen LogP contribution in [0.1, 0.15) is 28.3 Å². The number of alkyl carbamates (subject to hydrolysis) is 1. The predicted molar refractivity (Wildman–Crippen MR) is 57.9 cm³/mol. The molecule has 0 aliphatic carbocycles. The Labute approximate surface area is 89.4 Å². The van der Waals surface area contributed by atoms with E-state index in [-0.39, 0.29) is 12.1 Å². The minimum Gasteiger partial charge on any atom is -0.447 e. The van der Waals surface area contributed by atoms with Gasteiger partial charge < -0.3 is 10.1 Å². The quantitative estimate of drug-likeness (QED) is 0.764. The second kappa shape index (κ2) is 3.57. The highest BCUT2D eigenvalue weighted by Gasteiger charge is 2.25. The van der Waals surface area contributed by atoms with E-state index in [1.807, 2.05) is 0 Å². The smallest absolute Gasteiger partial charge is 0.407 e. The molecule has 80 valence electrons. The van der Waals surface area contributed by atoms with Gasteiger partial charge >= 0.3 is 6.09 Å². The van der Waals surface area contributed by atoms with Crippen molar-refractivity contribution in [1.29, 1.82) is 0 Å². The number of cyclic esters (lactones) is 1. The molecule has 1 aromatic carbocycles. The number of rotatable bonds is 1. The highest BCUT2D eigenvalue weighted by Crippen LogP contribution is 2.24. The zero-order chi connectivity index (χ0) is 11.0. The van der Waals surface area contributed by atoms with Crippen molar-refractivity contribution in [3.8, 4) is 0 Å². The maximum Gasteiger partial charge on any atom is 0.407 e. The van der Waals surface area contributed by atoms with E-state index >= 15 is 0 Å². The summed E-state index contributed by atoms with van der Waals surface area (Å²) in [4.78, 5) is 11.0. The van der Waals surface area contributed by atoms with Crippen LogP contribution in [0.4, 0.5) is 4.79 Å². The molecule has 0 bridgehead atoms. The van der Waals surface area contributed by atoms with E-state index in [4.69, 9.17) is 4.74 Å². The fourth-order valence-electron chi connectivity index (χ4n) is 1.91. The Balaban J connectivity index is 2.36. The topological polar surface area (TPSA) is 38.3 Å². The van der Waals surface area contributed by atoms with Crippen LogP contribution in [0, 0.1) is 20.8 Å². The standard InChI is InChI=1S/C12H15NO2/c1-7-4-9(3)10(5-8(7)2)11-6-15-12(14)13-11/h4-5,11H,6H2,1-3H3,(H,13,14). The molecule has 1 aliphatic heterocycles. The Morgan fingerprint density at radius 1 is 1.20 bits per heavy atom. The van der Waals surface area contributed by atoms with Crippen LogP contribution in [0.25, 0.3) is 0 Å². The molecule has 1 aliphatic rings. The summed E-state index contributed by atoms with van der Waals surface area (Å²) in [6.45, 7) is 6.67. The molecule has 0 spiro atoms. The zero-order valence-electron chi connectivity index (χ0n) is 9.26. The molecule has 0 saturated carbocycles. The maximum atomic E-state index is 11.0. The molecule has 1 unspecified atom stereocenters. The summed E-state index contributed by atoms with van der Waals surface area (Å²) in [5.41, 5.74) is 4.89. The first-order valence-electron chi connectivity index (χ1n) is 5.09. The Bertz CT molecular complexity index is 412. The van der Waals surface area contributed by atoms with Gasteiger partial charge in [-0.05, 0) is 43.0 Å². The van der Waals surface area contributed by atoms with E-state index in [1.165, 1.54) is 16.7 Å². The monoisotopic (exact) mass is 205 g/mol. The minimum atomic E-state index is -0.322. The molecule has 1 amide bonds. The number of ether oxygens (including phenoxy) is 1. The van der Waals surface area contributed by atoms with Gasteiger partial charge in [0.2, 0.25) is 0 Å². The average Bonchev–Trinajstić information content (AvgIpc) is 2.58. The van der Waals surface area contributed by atoms with Gasteiger partial charge in [-0.1, -0.05) is 12.1 Å². The van der Waals surface area contributed by atoms with Crippen LogP contribution in [0.15, 0.2) is 12.1 Å². The number of carbonyl (C=O) groups is 1. The summed E-state index contributed by atoms with van der Waals surface area (Å²) in [5, 5.41) is 2.80. The van der Waals surface area contributed by atoms with Gasteiger partial charge in [0, 0.05) is 0 Å². The van der Waals surface area contributed by atoms with E-state index in [0.29, 0.717) is 6.61 Å². The fraction of sp³-hybridized carbons (Fsp3) is 0.417. The van der Waals surface area contributed by atoms with Crippen molar-refractivity contribution in [3.05, 3.63) is 34.4 Å². The number of hydrogen-bond donors (Lipinski definition) is 1. The van der Waals surface area contributed by atoms with Crippen LogP contribution in [-0.2, 0) is 4.74 Å². The number of nitrogens with one attached hydrogen (secondary N) is 1. The molecule has 1 atom stereocenters. The van der Waals surface area contributed by atoms with Crippen molar-refractivity contribution in [1.82, 2.24) is 5.32 Å². The largest absolute Gasteiger partial charge is 0.447 e. The van der Waals surface area contributed by atoms with Gasteiger partial charge in [-0.15, -0.1) is 0 Å². The molecular weight excluding hydrogens is 190 g/mol. The first-order chi connectivity index (χ1) is 7.08. The van der Waals surface area contributed by atoms with Crippen molar-refractivity contribution in [2.24, 2.45) is 0 Å². The molecule has 3 nitrogen and oxygen atoms in total. The second-order valence-electron chi connectivity index (χ2n) is 4.09. The van der Waals surface area contributed by atoms with Crippen LogP contribution < -0.4 is 5.32 Å². The van der Waals surface area contributed by atoms with Crippen molar-refractivity contribution in [2.45, 2.75) is 26.8 Å². The highest BCUT2D eigenvalue weighted by molar-refractivity contribution is 5.70. The number of hydrogen-bond acceptors (Lipinski definition) is 2. The Hall–Kier alpha value is -1.51. The normalized spacial score (nSPS) is 19.9. The van der Waals surface area contributed by atoms with Gasteiger partial charge in [0.25, 0.3) is 0 Å². The lowest BCUT2D eigenvalue weighted by Gasteiger charge is -2.13. The average molecular weight is 205 g/mol. The lowest BCUT2D eigenvalue weighted by atomic mass is 9.96. The Morgan fingerprint density at radius 3 is 2.47 bits per heavy atom. The summed E-state index contributed by atoms with van der Waals surface area (Å²) in [5.74, 6) is 0. The van der Waals surface area contributed by atoms with Crippen LogP contribution in [-0.4, -0.2) is 12.7 Å². The molecule has 0 radical (unpaired) electrons. The molecule has 1 aromatic rings. The van der Waals surface area contributed by atoms with Crippen LogP contribution >= 0.6 is 0 Å². The van der Waals surface area contributed by atoms with Gasteiger partial charge in [0.05, 0.1) is 6.04 Å². The summed E-state index contributed by atoms with van der Waals surface area (Å²) in [6, 6.07) is 4.29. The molecule has 1 saturated heterocycles. The van der Waals surface area contributed by atoms with Gasteiger partial charge in [-0.3, -0.25) is 0 Å². The third kappa shape index (κ3) is 1.82. The lowest BCUT2D eigenvalue weighted by molar-refractivity contribution is 0.177. The molecule has 2 rings (SSSR count). The molecule has 0 aromatic heterocycles. The van der Waals surface area contributed by atoms with E-state index in [9.17, 15) is 4.79 Å². The number of aryl methyl sites for hydroxylation is 3. The third-order valence-corrected chi connectivity index (χ3v) is 2.93. The van der Waals surface area contributed by atoms with Gasteiger partial charge in [-0.25, -0.2) is 4.79 Å². The van der Waals surface area contributed by atoms with E-state index in [0.717, 1.165) is 5.56 Å². The first kappa shape index (κ1) is 10.0. The van der Waals surface area contributed by atoms with E-state index in [2.05, 4.69) is 38.2 Å². The van der Waals surface area contributed by atoms with Crippen molar-refractivity contribution < 1.29 is 9.53 Å². The SMILES string of the molecule is Cc1cc(C)c(C2COC(=O)N2)cc1C. The summed E-state index contributed by atoms with van der Waals surface area (Å²) in [6.07, 6.45) is -0.322. The van der Waals surface area contributed by atoms with Gasteiger partial charge in [-0.2, -0.15) is 0 Å².